The number of hydrogen-bond acceptors (Lipinski definition) is 7. The fraction of sp³-hybridized carbons (Fsp3) is 0.562. The summed E-state index contributed by atoms with van der Waals surface area (Å²) in [5.41, 5.74) is 2.65. The number of carbonyl (C=O) groups excluding carboxylic acids is 1. The van der Waals surface area contributed by atoms with Crippen molar-refractivity contribution < 1.29 is 4.79 Å². The maximum atomic E-state index is 12.2. The van der Waals surface area contributed by atoms with Crippen LogP contribution in [0.25, 0.3) is 0 Å². The summed E-state index contributed by atoms with van der Waals surface area (Å²) in [5.74, 6) is 2.33. The van der Waals surface area contributed by atoms with E-state index >= 15 is 0 Å². The molecule has 1 atom stereocenters. The van der Waals surface area contributed by atoms with E-state index < -0.39 is 0 Å². The van der Waals surface area contributed by atoms with E-state index in [4.69, 9.17) is 0 Å². The number of anilines is 2. The first kappa shape index (κ1) is 16.8. The Bertz CT molecular complexity index is 703. The monoisotopic (exact) mass is 346 g/mol. The second-order valence-corrected chi connectivity index (χ2v) is 7.35. The van der Waals surface area contributed by atoms with Gasteiger partial charge in [0.25, 0.3) is 0 Å². The van der Waals surface area contributed by atoms with E-state index in [1.54, 1.807) is 5.51 Å². The van der Waals surface area contributed by atoms with Gasteiger partial charge in [0.1, 0.15) is 17.2 Å². The smallest absolute Gasteiger partial charge is 0.222 e. The van der Waals surface area contributed by atoms with Crippen LogP contribution in [0, 0.1) is 12.8 Å². The normalized spacial score (nSPS) is 17.5. The molecule has 0 spiro atoms. The number of hydrogen-bond donors (Lipinski definition) is 1. The SMILES string of the molecule is Cc1nc(Nc2nncs2)cc([C@@H]2CCN(C(=O)CC(C)C)C2)n1. The lowest BCUT2D eigenvalue weighted by Gasteiger charge is -2.18. The molecule has 1 fully saturated rings. The van der Waals surface area contributed by atoms with Gasteiger partial charge in [-0.15, -0.1) is 10.2 Å². The fourth-order valence-electron chi connectivity index (χ4n) is 2.91. The number of aromatic nitrogens is 4. The maximum absolute atomic E-state index is 12.2. The second kappa shape index (κ2) is 7.21. The van der Waals surface area contributed by atoms with Crippen molar-refractivity contribution in [2.75, 3.05) is 18.4 Å². The molecule has 7 nitrogen and oxygen atoms in total. The van der Waals surface area contributed by atoms with Crippen molar-refractivity contribution in [1.29, 1.82) is 0 Å². The zero-order chi connectivity index (χ0) is 17.1. The molecule has 8 heteroatoms. The molecule has 0 bridgehead atoms. The zero-order valence-corrected chi connectivity index (χ0v) is 15.0. The summed E-state index contributed by atoms with van der Waals surface area (Å²) in [6.45, 7) is 7.57. The Morgan fingerprint density at radius 1 is 1.46 bits per heavy atom. The van der Waals surface area contributed by atoms with Gasteiger partial charge in [0.15, 0.2) is 0 Å². The van der Waals surface area contributed by atoms with Crippen molar-refractivity contribution in [3.63, 3.8) is 0 Å². The molecule has 1 aliphatic rings. The Hall–Kier alpha value is -2.09. The lowest BCUT2D eigenvalue weighted by atomic mass is 10.0. The van der Waals surface area contributed by atoms with Crippen LogP contribution in [-0.2, 0) is 4.79 Å². The summed E-state index contributed by atoms with van der Waals surface area (Å²) in [5, 5.41) is 11.7. The molecule has 0 aromatic carbocycles. The minimum Gasteiger partial charge on any atom is -0.342 e. The van der Waals surface area contributed by atoms with Crippen LogP contribution in [0.4, 0.5) is 10.9 Å². The molecule has 1 aliphatic heterocycles. The minimum absolute atomic E-state index is 0.241. The number of carbonyl (C=O) groups is 1. The number of likely N-dealkylation sites (tertiary alicyclic amines) is 1. The van der Waals surface area contributed by atoms with E-state index in [0.29, 0.717) is 23.3 Å². The number of amides is 1. The van der Waals surface area contributed by atoms with Gasteiger partial charge in [-0.3, -0.25) is 4.79 Å². The molecule has 0 aliphatic carbocycles. The Morgan fingerprint density at radius 2 is 2.29 bits per heavy atom. The summed E-state index contributed by atoms with van der Waals surface area (Å²) in [7, 11) is 0. The van der Waals surface area contributed by atoms with Gasteiger partial charge in [-0.1, -0.05) is 25.2 Å². The molecule has 128 valence electrons. The third-order valence-corrected chi connectivity index (χ3v) is 4.60. The average molecular weight is 346 g/mol. The van der Waals surface area contributed by atoms with Crippen molar-refractivity contribution in [1.82, 2.24) is 25.1 Å². The summed E-state index contributed by atoms with van der Waals surface area (Å²) in [6, 6.07) is 1.95. The Morgan fingerprint density at radius 3 is 3.00 bits per heavy atom. The summed E-state index contributed by atoms with van der Waals surface area (Å²) in [4.78, 5) is 23.2. The number of rotatable bonds is 5. The van der Waals surface area contributed by atoms with Crippen LogP contribution >= 0.6 is 11.3 Å². The molecule has 3 rings (SSSR count). The number of aryl methyl sites for hydroxylation is 1. The Labute approximate surface area is 145 Å². The van der Waals surface area contributed by atoms with Crippen LogP contribution in [0.15, 0.2) is 11.6 Å². The van der Waals surface area contributed by atoms with Crippen LogP contribution in [0.5, 0.6) is 0 Å². The fourth-order valence-corrected chi connectivity index (χ4v) is 3.36. The summed E-state index contributed by atoms with van der Waals surface area (Å²) >= 11 is 1.43. The molecular formula is C16H22N6OS. The van der Waals surface area contributed by atoms with Gasteiger partial charge in [0.05, 0.1) is 5.69 Å². The quantitative estimate of drug-likeness (QED) is 0.896. The van der Waals surface area contributed by atoms with E-state index in [-0.39, 0.29) is 11.8 Å². The molecule has 1 saturated heterocycles. The largest absolute Gasteiger partial charge is 0.342 e. The molecular weight excluding hydrogens is 324 g/mol. The molecule has 2 aromatic rings. The predicted molar refractivity (Wildman–Crippen MR) is 93.4 cm³/mol. The average Bonchev–Trinajstić information content (AvgIpc) is 3.17. The van der Waals surface area contributed by atoms with Gasteiger partial charge in [-0.25, -0.2) is 9.97 Å². The minimum atomic E-state index is 0.241. The molecule has 0 saturated carbocycles. The van der Waals surface area contributed by atoms with E-state index in [0.717, 1.165) is 31.0 Å². The van der Waals surface area contributed by atoms with E-state index in [1.165, 1.54) is 11.3 Å². The van der Waals surface area contributed by atoms with Crippen LogP contribution < -0.4 is 5.32 Å². The van der Waals surface area contributed by atoms with Crippen LogP contribution in [0.2, 0.25) is 0 Å². The molecule has 0 radical (unpaired) electrons. The Kier molecular flexibility index (Phi) is 5.03. The standard InChI is InChI=1S/C16H22N6OS/c1-10(2)6-15(23)22-5-4-12(8-22)13-7-14(19-11(3)18-13)20-16-21-17-9-24-16/h7,9-10,12H,4-6,8H2,1-3H3,(H,18,19,20,21)/t12-/m1/s1. The number of nitrogens with zero attached hydrogens (tertiary/aromatic N) is 5. The van der Waals surface area contributed by atoms with Crippen molar-refractivity contribution in [2.24, 2.45) is 5.92 Å². The van der Waals surface area contributed by atoms with E-state index in [2.05, 4.69) is 39.3 Å². The second-order valence-electron chi connectivity index (χ2n) is 6.52. The van der Waals surface area contributed by atoms with Gasteiger partial charge in [-0.05, 0) is 19.3 Å². The third-order valence-electron chi connectivity index (χ3n) is 3.99. The van der Waals surface area contributed by atoms with Gasteiger partial charge in [0.2, 0.25) is 11.0 Å². The van der Waals surface area contributed by atoms with Gasteiger partial charge in [-0.2, -0.15) is 0 Å². The first-order chi connectivity index (χ1) is 11.5. The molecule has 2 aromatic heterocycles. The van der Waals surface area contributed by atoms with Crippen molar-refractivity contribution >= 4 is 28.2 Å². The van der Waals surface area contributed by atoms with Gasteiger partial charge < -0.3 is 10.2 Å². The van der Waals surface area contributed by atoms with Crippen molar-refractivity contribution in [3.8, 4) is 0 Å². The van der Waals surface area contributed by atoms with E-state index in [9.17, 15) is 4.79 Å². The molecule has 1 amide bonds. The lowest BCUT2D eigenvalue weighted by Crippen LogP contribution is -2.29. The highest BCUT2D eigenvalue weighted by Gasteiger charge is 2.28. The molecule has 24 heavy (non-hydrogen) atoms. The maximum Gasteiger partial charge on any atom is 0.222 e. The van der Waals surface area contributed by atoms with Gasteiger partial charge >= 0.3 is 0 Å². The summed E-state index contributed by atoms with van der Waals surface area (Å²) in [6.07, 6.45) is 1.55. The zero-order valence-electron chi connectivity index (χ0n) is 14.2. The third kappa shape index (κ3) is 4.05. The first-order valence-electron chi connectivity index (χ1n) is 8.18. The van der Waals surface area contributed by atoms with Crippen LogP contribution in [0.3, 0.4) is 0 Å². The van der Waals surface area contributed by atoms with Gasteiger partial charge in [0, 0.05) is 31.5 Å². The topological polar surface area (TPSA) is 83.9 Å². The predicted octanol–water partition coefficient (Wildman–Crippen LogP) is 2.74. The van der Waals surface area contributed by atoms with Crippen molar-refractivity contribution in [3.05, 3.63) is 23.1 Å². The number of nitrogens with one attached hydrogen (secondary N) is 1. The molecule has 3 heterocycles. The van der Waals surface area contributed by atoms with Crippen molar-refractivity contribution in [2.45, 2.75) is 39.5 Å². The lowest BCUT2D eigenvalue weighted by molar-refractivity contribution is -0.130. The Balaban J connectivity index is 1.71. The molecule has 1 N–H and O–H groups in total. The van der Waals surface area contributed by atoms with E-state index in [1.807, 2.05) is 17.9 Å². The first-order valence-corrected chi connectivity index (χ1v) is 9.05. The van der Waals surface area contributed by atoms with Crippen LogP contribution in [0.1, 0.15) is 44.1 Å². The van der Waals surface area contributed by atoms with Crippen LogP contribution in [-0.4, -0.2) is 44.1 Å². The highest BCUT2D eigenvalue weighted by Crippen LogP contribution is 2.28. The highest BCUT2D eigenvalue weighted by atomic mass is 32.1. The highest BCUT2D eigenvalue weighted by molar-refractivity contribution is 7.13. The molecule has 0 unspecified atom stereocenters. The summed E-state index contributed by atoms with van der Waals surface area (Å²) < 4.78 is 0.